The number of aliphatic hydroxyl groups is 1. The highest BCUT2D eigenvalue weighted by molar-refractivity contribution is 7.72. The molecule has 0 aliphatic heterocycles. The van der Waals surface area contributed by atoms with E-state index in [9.17, 15) is 14.2 Å². The van der Waals surface area contributed by atoms with Gasteiger partial charge in [0.1, 0.15) is 0 Å². The van der Waals surface area contributed by atoms with Crippen molar-refractivity contribution < 1.29 is 33.8 Å². The van der Waals surface area contributed by atoms with Crippen molar-refractivity contribution in [1.82, 2.24) is 15.0 Å². The molecule has 0 aliphatic carbocycles. The molecule has 19 heavy (non-hydrogen) atoms. The van der Waals surface area contributed by atoms with Crippen LogP contribution in [0.5, 0.6) is 0 Å². The molecule has 0 spiro atoms. The van der Waals surface area contributed by atoms with Gasteiger partial charge in [-0.2, -0.15) is 0 Å². The molecule has 0 fully saturated rings. The molecule has 0 bridgehead atoms. The number of nitrogens with zero attached hydrogens (tertiary/aromatic N) is 3. The molecule has 0 amide bonds. The van der Waals surface area contributed by atoms with Crippen molar-refractivity contribution >= 4 is 15.2 Å². The quantitative estimate of drug-likeness (QED) is 0.423. The third kappa shape index (κ3) is 3.49. The number of hydrogen-bond donors (Lipinski definition) is 5. The molecule has 0 aromatic carbocycles. The van der Waals surface area contributed by atoms with Gasteiger partial charge in [0.05, 0.1) is 5.69 Å². The molecule has 1 aromatic rings. The van der Waals surface area contributed by atoms with Crippen LogP contribution in [0.1, 0.15) is 19.0 Å². The first-order chi connectivity index (χ1) is 8.51. The Labute approximate surface area is 108 Å². The van der Waals surface area contributed by atoms with Gasteiger partial charge in [-0.05, 0) is 13.3 Å². The minimum atomic E-state index is -5.41. The summed E-state index contributed by atoms with van der Waals surface area (Å²) in [5.41, 5.74) is 0.266. The maximum atomic E-state index is 11.1. The van der Waals surface area contributed by atoms with Crippen LogP contribution >= 0.6 is 15.2 Å². The van der Waals surface area contributed by atoms with Crippen molar-refractivity contribution in [2.24, 2.45) is 0 Å². The van der Waals surface area contributed by atoms with Crippen LogP contribution in [0.3, 0.4) is 0 Å². The number of hydrogen-bond acceptors (Lipinski definition) is 5. The van der Waals surface area contributed by atoms with Crippen LogP contribution in [0, 0.1) is 0 Å². The molecule has 0 aliphatic rings. The molecule has 12 heteroatoms. The summed E-state index contributed by atoms with van der Waals surface area (Å²) in [6, 6.07) is 0. The molecule has 0 saturated carbocycles. The van der Waals surface area contributed by atoms with Gasteiger partial charge in [0, 0.05) is 19.2 Å². The standard InChI is InChI=1S/C7H15N3O7P2/c1-2-10-5-6(8-9-10)3-4-7(11,18(12,13)14)19(15,16)17/h5,11H,2-4H2,1H3,(H2,12,13,14)(H2,15,16,17). The largest absolute Gasteiger partial charge is 0.369 e. The average Bonchev–Trinajstić information content (AvgIpc) is 2.70. The Bertz CT molecular complexity index is 511. The second-order valence-electron chi connectivity index (χ2n) is 3.93. The molecule has 1 heterocycles. The smallest absolute Gasteiger partial charge is 0.368 e. The first-order valence-corrected chi connectivity index (χ1v) is 8.46. The Morgan fingerprint density at radius 2 is 1.79 bits per heavy atom. The second-order valence-corrected chi connectivity index (χ2v) is 7.94. The minimum Gasteiger partial charge on any atom is -0.368 e. The van der Waals surface area contributed by atoms with Gasteiger partial charge in [-0.25, -0.2) is 0 Å². The van der Waals surface area contributed by atoms with Crippen LogP contribution in [0.15, 0.2) is 6.20 Å². The molecule has 1 rings (SSSR count). The molecule has 0 saturated heterocycles. The molecule has 0 radical (unpaired) electrons. The van der Waals surface area contributed by atoms with E-state index in [0.717, 1.165) is 0 Å². The lowest BCUT2D eigenvalue weighted by molar-refractivity contribution is 0.123. The third-order valence-corrected chi connectivity index (χ3v) is 6.44. The van der Waals surface area contributed by atoms with Gasteiger partial charge in [-0.3, -0.25) is 13.8 Å². The first-order valence-electron chi connectivity index (χ1n) is 5.24. The van der Waals surface area contributed by atoms with Crippen molar-refractivity contribution in [3.8, 4) is 0 Å². The summed E-state index contributed by atoms with van der Waals surface area (Å²) in [5.74, 6) is 0. The van der Waals surface area contributed by atoms with Crippen molar-refractivity contribution in [1.29, 1.82) is 0 Å². The highest BCUT2D eigenvalue weighted by Gasteiger charge is 2.58. The highest BCUT2D eigenvalue weighted by Crippen LogP contribution is 2.69. The Morgan fingerprint density at radius 3 is 2.16 bits per heavy atom. The van der Waals surface area contributed by atoms with Crippen LogP contribution in [0.2, 0.25) is 0 Å². The summed E-state index contributed by atoms with van der Waals surface area (Å²) in [4.78, 5) is 35.7. The number of rotatable bonds is 6. The van der Waals surface area contributed by atoms with Gasteiger partial charge in [-0.15, -0.1) is 5.10 Å². The number of aryl methyl sites for hydroxylation is 2. The molecular formula is C7H15N3O7P2. The van der Waals surface area contributed by atoms with E-state index in [1.165, 1.54) is 10.9 Å². The van der Waals surface area contributed by atoms with Crippen LogP contribution in [0.25, 0.3) is 0 Å². The average molecular weight is 315 g/mol. The highest BCUT2D eigenvalue weighted by atomic mass is 31.2. The number of aromatic nitrogens is 3. The molecule has 0 unspecified atom stereocenters. The third-order valence-electron chi connectivity index (χ3n) is 2.56. The summed E-state index contributed by atoms with van der Waals surface area (Å²) >= 11 is 0. The summed E-state index contributed by atoms with van der Waals surface area (Å²) in [5, 5.41) is 13.5. The van der Waals surface area contributed by atoms with Crippen molar-refractivity contribution in [2.75, 3.05) is 0 Å². The molecule has 10 nitrogen and oxygen atoms in total. The predicted octanol–water partition coefficient (Wildman–Crippen LogP) is -0.768. The lowest BCUT2D eigenvalue weighted by Crippen LogP contribution is -2.29. The normalized spacial score (nSPS) is 13.8. The molecule has 5 N–H and O–H groups in total. The first kappa shape index (κ1) is 16.5. The van der Waals surface area contributed by atoms with Crippen LogP contribution in [0.4, 0.5) is 0 Å². The van der Waals surface area contributed by atoms with Gasteiger partial charge in [0.2, 0.25) is 0 Å². The monoisotopic (exact) mass is 315 g/mol. The van der Waals surface area contributed by atoms with Crippen molar-refractivity contribution in [3.05, 3.63) is 11.9 Å². The minimum absolute atomic E-state index is 0.229. The maximum absolute atomic E-state index is 11.1. The van der Waals surface area contributed by atoms with Crippen LogP contribution in [-0.4, -0.2) is 44.8 Å². The topological polar surface area (TPSA) is 166 Å². The fraction of sp³-hybridized carbons (Fsp3) is 0.714. The van der Waals surface area contributed by atoms with E-state index in [-0.39, 0.29) is 12.1 Å². The van der Waals surface area contributed by atoms with E-state index in [2.05, 4.69) is 10.3 Å². The summed E-state index contributed by atoms with van der Waals surface area (Å²) in [6.07, 6.45) is 0.399. The van der Waals surface area contributed by atoms with E-state index in [1.807, 2.05) is 0 Å². The summed E-state index contributed by atoms with van der Waals surface area (Å²) in [7, 11) is -10.8. The molecule has 1 aromatic heterocycles. The summed E-state index contributed by atoms with van der Waals surface area (Å²) < 4.78 is 23.6. The molecule has 0 atom stereocenters. The summed E-state index contributed by atoms with van der Waals surface area (Å²) in [6.45, 7) is 2.31. The van der Waals surface area contributed by atoms with E-state index in [4.69, 9.17) is 19.6 Å². The Morgan fingerprint density at radius 1 is 1.26 bits per heavy atom. The molecule has 110 valence electrons. The van der Waals surface area contributed by atoms with Gasteiger partial charge in [0.25, 0.3) is 5.08 Å². The van der Waals surface area contributed by atoms with E-state index in [0.29, 0.717) is 6.54 Å². The van der Waals surface area contributed by atoms with Crippen LogP contribution in [-0.2, 0) is 22.1 Å². The van der Waals surface area contributed by atoms with Gasteiger partial charge < -0.3 is 24.7 Å². The van der Waals surface area contributed by atoms with E-state index < -0.39 is 26.7 Å². The lowest BCUT2D eigenvalue weighted by atomic mass is 10.2. The van der Waals surface area contributed by atoms with E-state index >= 15 is 0 Å². The van der Waals surface area contributed by atoms with Crippen molar-refractivity contribution in [2.45, 2.75) is 31.4 Å². The zero-order valence-electron chi connectivity index (χ0n) is 9.99. The zero-order valence-corrected chi connectivity index (χ0v) is 11.8. The fourth-order valence-corrected chi connectivity index (χ4v) is 3.53. The van der Waals surface area contributed by atoms with Crippen LogP contribution < -0.4 is 0 Å². The second kappa shape index (κ2) is 5.41. The SMILES string of the molecule is CCn1cc(CCC(O)(P(=O)(O)O)P(=O)(O)O)nn1. The fourth-order valence-electron chi connectivity index (χ4n) is 1.36. The lowest BCUT2D eigenvalue weighted by Gasteiger charge is -2.28. The zero-order chi connectivity index (χ0) is 14.9. The predicted molar refractivity (Wildman–Crippen MR) is 63.1 cm³/mol. The molecular weight excluding hydrogens is 300 g/mol. The van der Waals surface area contributed by atoms with E-state index in [1.54, 1.807) is 6.92 Å². The Hall–Kier alpha value is -0.600. The Kier molecular flexibility index (Phi) is 4.69. The van der Waals surface area contributed by atoms with Gasteiger partial charge in [0.15, 0.2) is 0 Å². The van der Waals surface area contributed by atoms with Gasteiger partial charge >= 0.3 is 15.2 Å². The van der Waals surface area contributed by atoms with Gasteiger partial charge in [-0.1, -0.05) is 5.21 Å². The Balaban J connectivity index is 2.92. The van der Waals surface area contributed by atoms with Crippen molar-refractivity contribution in [3.63, 3.8) is 0 Å². The maximum Gasteiger partial charge on any atom is 0.369 e.